The van der Waals surface area contributed by atoms with Crippen LogP contribution in [0, 0.1) is 0 Å². The lowest BCUT2D eigenvalue weighted by molar-refractivity contribution is 0.696. The third-order valence-electron chi connectivity index (χ3n) is 3.09. The minimum absolute atomic E-state index is 0.384. The highest BCUT2D eigenvalue weighted by Crippen LogP contribution is 2.26. The number of aromatic nitrogens is 4. The maximum absolute atomic E-state index is 4.60. The van der Waals surface area contributed by atoms with Gasteiger partial charge in [0.25, 0.3) is 0 Å². The van der Waals surface area contributed by atoms with Crippen LogP contribution in [-0.2, 0) is 13.0 Å². The van der Waals surface area contributed by atoms with Crippen LogP contribution in [0.1, 0.15) is 36.8 Å². The van der Waals surface area contributed by atoms with Crippen molar-refractivity contribution < 1.29 is 0 Å². The summed E-state index contributed by atoms with van der Waals surface area (Å²) >= 11 is 1.48. The Hall–Kier alpha value is -1.56. The molecule has 2 aromatic rings. The van der Waals surface area contributed by atoms with Gasteiger partial charge in [0.05, 0.1) is 12.2 Å². The molecule has 0 saturated carbocycles. The molecule has 0 bridgehead atoms. The highest BCUT2D eigenvalue weighted by atomic mass is 32.1. The van der Waals surface area contributed by atoms with Crippen LogP contribution in [0.15, 0.2) is 12.5 Å². The van der Waals surface area contributed by atoms with E-state index in [2.05, 4.69) is 38.1 Å². The SMILES string of the molecule is CC(C)c1nsc(N2CCc3cncnc3C2)n1. The lowest BCUT2D eigenvalue weighted by Crippen LogP contribution is -2.31. The molecule has 18 heavy (non-hydrogen) atoms. The molecule has 94 valence electrons. The van der Waals surface area contributed by atoms with Gasteiger partial charge in [0, 0.05) is 30.2 Å². The normalized spacial score (nSPS) is 14.9. The molecule has 0 N–H and O–H groups in total. The summed E-state index contributed by atoms with van der Waals surface area (Å²) in [7, 11) is 0. The molecule has 5 nitrogen and oxygen atoms in total. The van der Waals surface area contributed by atoms with Gasteiger partial charge < -0.3 is 4.90 Å². The second-order valence-electron chi connectivity index (χ2n) is 4.76. The van der Waals surface area contributed by atoms with Crippen molar-refractivity contribution in [3.63, 3.8) is 0 Å². The molecular formula is C12H15N5S. The van der Waals surface area contributed by atoms with E-state index in [-0.39, 0.29) is 0 Å². The molecule has 0 spiro atoms. The van der Waals surface area contributed by atoms with Crippen LogP contribution in [0.3, 0.4) is 0 Å². The maximum Gasteiger partial charge on any atom is 0.205 e. The van der Waals surface area contributed by atoms with E-state index >= 15 is 0 Å². The average molecular weight is 261 g/mol. The fourth-order valence-corrected chi connectivity index (χ4v) is 2.84. The number of hydrogen-bond donors (Lipinski definition) is 0. The van der Waals surface area contributed by atoms with Gasteiger partial charge in [0.15, 0.2) is 0 Å². The Kier molecular flexibility index (Phi) is 2.95. The number of rotatable bonds is 2. The lowest BCUT2D eigenvalue weighted by Gasteiger charge is -2.26. The first kappa shape index (κ1) is 11.5. The van der Waals surface area contributed by atoms with E-state index < -0.39 is 0 Å². The van der Waals surface area contributed by atoms with Gasteiger partial charge in [-0.1, -0.05) is 13.8 Å². The summed E-state index contributed by atoms with van der Waals surface area (Å²) < 4.78 is 4.40. The highest BCUT2D eigenvalue weighted by molar-refractivity contribution is 7.09. The van der Waals surface area contributed by atoms with Crippen LogP contribution in [0.5, 0.6) is 0 Å². The minimum atomic E-state index is 0.384. The molecule has 3 rings (SSSR count). The summed E-state index contributed by atoms with van der Waals surface area (Å²) in [6.07, 6.45) is 4.51. The summed E-state index contributed by atoms with van der Waals surface area (Å²) in [5.41, 5.74) is 2.36. The third-order valence-corrected chi connectivity index (χ3v) is 3.88. The van der Waals surface area contributed by atoms with Gasteiger partial charge in [0.1, 0.15) is 12.2 Å². The third kappa shape index (κ3) is 2.08. The van der Waals surface area contributed by atoms with Gasteiger partial charge in [-0.15, -0.1) is 0 Å². The average Bonchev–Trinajstić information content (AvgIpc) is 2.88. The number of anilines is 1. The molecule has 6 heteroatoms. The lowest BCUT2D eigenvalue weighted by atomic mass is 10.1. The van der Waals surface area contributed by atoms with Crippen molar-refractivity contribution in [1.82, 2.24) is 19.3 Å². The van der Waals surface area contributed by atoms with Gasteiger partial charge in [-0.25, -0.2) is 15.0 Å². The van der Waals surface area contributed by atoms with Crippen molar-refractivity contribution in [2.24, 2.45) is 0 Å². The zero-order chi connectivity index (χ0) is 12.5. The van der Waals surface area contributed by atoms with Gasteiger partial charge in [0.2, 0.25) is 5.13 Å². The highest BCUT2D eigenvalue weighted by Gasteiger charge is 2.20. The molecule has 0 unspecified atom stereocenters. The van der Waals surface area contributed by atoms with Crippen molar-refractivity contribution >= 4 is 16.7 Å². The van der Waals surface area contributed by atoms with Crippen LogP contribution >= 0.6 is 11.5 Å². The van der Waals surface area contributed by atoms with E-state index in [1.165, 1.54) is 17.1 Å². The molecule has 0 radical (unpaired) electrons. The van der Waals surface area contributed by atoms with Crippen molar-refractivity contribution in [3.05, 3.63) is 29.6 Å². The van der Waals surface area contributed by atoms with E-state index in [9.17, 15) is 0 Å². The number of nitrogens with zero attached hydrogens (tertiary/aromatic N) is 5. The summed E-state index contributed by atoms with van der Waals surface area (Å²) in [5, 5.41) is 1.00. The van der Waals surface area contributed by atoms with Crippen LogP contribution in [0.4, 0.5) is 5.13 Å². The molecule has 1 aliphatic heterocycles. The van der Waals surface area contributed by atoms with E-state index in [0.717, 1.165) is 36.2 Å². The summed E-state index contributed by atoms with van der Waals surface area (Å²) in [5.74, 6) is 1.32. The molecule has 1 aliphatic rings. The first-order valence-corrected chi connectivity index (χ1v) is 6.87. The maximum atomic E-state index is 4.60. The minimum Gasteiger partial charge on any atom is -0.341 e. The second kappa shape index (κ2) is 4.61. The van der Waals surface area contributed by atoms with Crippen LogP contribution < -0.4 is 4.90 Å². The Bertz CT molecular complexity index is 551. The predicted molar refractivity (Wildman–Crippen MR) is 70.8 cm³/mol. The van der Waals surface area contributed by atoms with Crippen LogP contribution in [0.25, 0.3) is 0 Å². The van der Waals surface area contributed by atoms with E-state index in [1.54, 1.807) is 6.33 Å². The molecule has 0 aliphatic carbocycles. The quantitative estimate of drug-likeness (QED) is 0.827. The monoisotopic (exact) mass is 261 g/mol. The molecular weight excluding hydrogens is 246 g/mol. The van der Waals surface area contributed by atoms with Gasteiger partial charge in [-0.05, 0) is 12.0 Å². The van der Waals surface area contributed by atoms with Crippen molar-refractivity contribution in [2.45, 2.75) is 32.7 Å². The summed E-state index contributed by atoms with van der Waals surface area (Å²) in [6, 6.07) is 0. The standard InChI is InChI=1S/C12H15N5S/c1-8(2)11-15-12(18-16-11)17-4-3-9-5-13-7-14-10(9)6-17/h5,7-8H,3-4,6H2,1-2H3. The van der Waals surface area contributed by atoms with Crippen LogP contribution in [0.2, 0.25) is 0 Å². The predicted octanol–water partition coefficient (Wildman–Crippen LogP) is 2.01. The molecule has 0 amide bonds. The van der Waals surface area contributed by atoms with E-state index in [0.29, 0.717) is 5.92 Å². The van der Waals surface area contributed by atoms with Gasteiger partial charge >= 0.3 is 0 Å². The fourth-order valence-electron chi connectivity index (χ4n) is 2.00. The Balaban J connectivity index is 1.83. The van der Waals surface area contributed by atoms with E-state index in [1.807, 2.05) is 6.20 Å². The number of hydrogen-bond acceptors (Lipinski definition) is 6. The topological polar surface area (TPSA) is 54.8 Å². The fraction of sp³-hybridized carbons (Fsp3) is 0.500. The summed E-state index contributed by atoms with van der Waals surface area (Å²) in [6.45, 7) is 6.01. The molecule has 2 aromatic heterocycles. The molecule has 0 aromatic carbocycles. The smallest absolute Gasteiger partial charge is 0.205 e. The molecule has 3 heterocycles. The van der Waals surface area contributed by atoms with Crippen molar-refractivity contribution in [1.29, 1.82) is 0 Å². The van der Waals surface area contributed by atoms with Crippen molar-refractivity contribution in [2.75, 3.05) is 11.4 Å². The largest absolute Gasteiger partial charge is 0.341 e. The van der Waals surface area contributed by atoms with Crippen LogP contribution in [-0.4, -0.2) is 25.9 Å². The molecule has 0 saturated heterocycles. The zero-order valence-corrected chi connectivity index (χ0v) is 11.3. The number of fused-ring (bicyclic) bond motifs is 1. The van der Waals surface area contributed by atoms with E-state index in [4.69, 9.17) is 0 Å². The first-order chi connectivity index (χ1) is 8.74. The second-order valence-corrected chi connectivity index (χ2v) is 5.49. The zero-order valence-electron chi connectivity index (χ0n) is 10.5. The van der Waals surface area contributed by atoms with Gasteiger partial charge in [-0.3, -0.25) is 0 Å². The Labute approximate surface area is 110 Å². The molecule has 0 atom stereocenters. The first-order valence-electron chi connectivity index (χ1n) is 6.10. The molecule has 0 fully saturated rings. The van der Waals surface area contributed by atoms with Gasteiger partial charge in [-0.2, -0.15) is 4.37 Å². The summed E-state index contributed by atoms with van der Waals surface area (Å²) in [4.78, 5) is 15.3. The Morgan fingerprint density at radius 2 is 2.28 bits per heavy atom. The Morgan fingerprint density at radius 1 is 1.39 bits per heavy atom. The van der Waals surface area contributed by atoms with Crippen molar-refractivity contribution in [3.8, 4) is 0 Å². The Morgan fingerprint density at radius 3 is 3.06 bits per heavy atom.